The lowest BCUT2D eigenvalue weighted by molar-refractivity contribution is -0.251. The lowest BCUT2D eigenvalue weighted by Gasteiger charge is -2.53. The Morgan fingerprint density at radius 3 is 2.12 bits per heavy atom. The van der Waals surface area contributed by atoms with Gasteiger partial charge in [0.25, 0.3) is 0 Å². The summed E-state index contributed by atoms with van der Waals surface area (Å²) in [5.74, 6) is 2.68. The van der Waals surface area contributed by atoms with E-state index < -0.39 is 0 Å². The Hall–Kier alpha value is -0.560. The minimum absolute atomic E-state index is 0.199. The summed E-state index contributed by atoms with van der Waals surface area (Å²) in [6.45, 7) is 8.97. The summed E-state index contributed by atoms with van der Waals surface area (Å²) < 4.78 is 0. The fraction of sp³-hybridized carbons (Fsp3) is 0.846. The molecule has 1 aliphatic rings. The van der Waals surface area contributed by atoms with Gasteiger partial charge >= 0.3 is 0 Å². The molecule has 1 heterocycles. The number of rotatable bonds is 2. The Balaban J connectivity index is 2.83. The van der Waals surface area contributed by atoms with Gasteiger partial charge in [-0.05, 0) is 47.6 Å². The molecular formula is C13H24N2O. The van der Waals surface area contributed by atoms with E-state index in [1.54, 1.807) is 0 Å². The third-order valence-corrected chi connectivity index (χ3v) is 3.58. The van der Waals surface area contributed by atoms with Gasteiger partial charge in [0.1, 0.15) is 0 Å². The van der Waals surface area contributed by atoms with Crippen LogP contribution < -0.4 is 0 Å². The van der Waals surface area contributed by atoms with E-state index in [0.29, 0.717) is 12.6 Å². The number of hydrogen-bond donors (Lipinski definition) is 1. The average molecular weight is 224 g/mol. The molecule has 0 aromatic rings. The van der Waals surface area contributed by atoms with Crippen molar-refractivity contribution in [3.05, 3.63) is 0 Å². The summed E-state index contributed by atoms with van der Waals surface area (Å²) in [4.78, 5) is 2.20. The fourth-order valence-electron chi connectivity index (χ4n) is 2.80. The molecule has 0 unspecified atom stereocenters. The molecule has 0 atom stereocenters. The molecule has 92 valence electrons. The van der Waals surface area contributed by atoms with Crippen molar-refractivity contribution < 1.29 is 5.21 Å². The Morgan fingerprint density at radius 2 is 1.75 bits per heavy atom. The molecule has 1 aliphatic heterocycles. The van der Waals surface area contributed by atoms with Crippen molar-refractivity contribution >= 4 is 0 Å². The molecule has 0 aliphatic carbocycles. The molecule has 16 heavy (non-hydrogen) atoms. The predicted octanol–water partition coefficient (Wildman–Crippen LogP) is 1.96. The quantitative estimate of drug-likeness (QED) is 0.726. The van der Waals surface area contributed by atoms with Gasteiger partial charge in [-0.25, -0.2) is 0 Å². The van der Waals surface area contributed by atoms with E-state index in [4.69, 9.17) is 6.42 Å². The third-order valence-electron chi connectivity index (χ3n) is 3.58. The predicted molar refractivity (Wildman–Crippen MR) is 66.3 cm³/mol. The van der Waals surface area contributed by atoms with Crippen molar-refractivity contribution in [3.63, 3.8) is 0 Å². The van der Waals surface area contributed by atoms with Crippen molar-refractivity contribution in [1.29, 1.82) is 0 Å². The van der Waals surface area contributed by atoms with E-state index >= 15 is 0 Å². The second kappa shape index (κ2) is 4.37. The van der Waals surface area contributed by atoms with E-state index in [-0.39, 0.29) is 11.1 Å². The summed E-state index contributed by atoms with van der Waals surface area (Å²) in [5, 5.41) is 11.7. The van der Waals surface area contributed by atoms with Crippen LogP contribution in [0.4, 0.5) is 0 Å². The molecular weight excluding hydrogens is 200 g/mol. The van der Waals surface area contributed by atoms with Crippen LogP contribution in [-0.4, -0.2) is 45.9 Å². The molecule has 1 fully saturated rings. The molecule has 3 nitrogen and oxygen atoms in total. The number of hydrogen-bond acceptors (Lipinski definition) is 3. The van der Waals surface area contributed by atoms with Gasteiger partial charge in [0.2, 0.25) is 0 Å². The van der Waals surface area contributed by atoms with E-state index in [2.05, 4.69) is 45.6 Å². The largest absolute Gasteiger partial charge is 0.313 e. The first-order valence-electron chi connectivity index (χ1n) is 5.83. The Bertz CT molecular complexity index is 273. The molecule has 3 heteroatoms. The first kappa shape index (κ1) is 13.5. The van der Waals surface area contributed by atoms with E-state index in [9.17, 15) is 5.21 Å². The zero-order valence-electron chi connectivity index (χ0n) is 11.1. The van der Waals surface area contributed by atoms with Crippen molar-refractivity contribution in [2.75, 3.05) is 13.6 Å². The molecule has 0 bridgehead atoms. The van der Waals surface area contributed by atoms with Crippen LogP contribution in [0.15, 0.2) is 0 Å². The van der Waals surface area contributed by atoms with Gasteiger partial charge in [0, 0.05) is 17.1 Å². The highest BCUT2D eigenvalue weighted by molar-refractivity contribution is 5.00. The van der Waals surface area contributed by atoms with Crippen molar-refractivity contribution in [3.8, 4) is 12.3 Å². The Kier molecular flexibility index (Phi) is 3.69. The van der Waals surface area contributed by atoms with Gasteiger partial charge in [0.05, 0.1) is 6.54 Å². The summed E-state index contributed by atoms with van der Waals surface area (Å²) >= 11 is 0. The van der Waals surface area contributed by atoms with Crippen LogP contribution in [0.3, 0.4) is 0 Å². The zero-order chi connectivity index (χ0) is 12.6. The van der Waals surface area contributed by atoms with Crippen LogP contribution in [0.1, 0.15) is 40.5 Å². The first-order chi connectivity index (χ1) is 7.20. The van der Waals surface area contributed by atoms with Crippen molar-refractivity contribution in [2.24, 2.45) is 0 Å². The number of hydroxylamine groups is 2. The summed E-state index contributed by atoms with van der Waals surface area (Å²) in [6, 6.07) is 0.435. The van der Waals surface area contributed by atoms with Crippen molar-refractivity contribution in [2.45, 2.75) is 57.7 Å². The normalized spacial score (nSPS) is 25.6. The minimum Gasteiger partial charge on any atom is -0.313 e. The summed E-state index contributed by atoms with van der Waals surface area (Å²) in [7, 11) is 2.06. The Morgan fingerprint density at radius 1 is 1.31 bits per heavy atom. The van der Waals surface area contributed by atoms with E-state index in [1.807, 2.05) is 0 Å². The standard InChI is InChI=1S/C13H24N2O/c1-7-8-14(6)11-9-12(2,3)15(16)13(4,5)10-11/h1,11,16H,8-10H2,2-6H3. The Labute approximate surface area is 99.4 Å². The SMILES string of the molecule is C#CCN(C)C1CC(C)(C)N(O)C(C)(C)C1. The van der Waals surface area contributed by atoms with Gasteiger partial charge < -0.3 is 5.21 Å². The lowest BCUT2D eigenvalue weighted by Crippen LogP contribution is -2.62. The summed E-state index contributed by atoms with van der Waals surface area (Å²) in [6.07, 6.45) is 7.22. The second-order valence-electron chi connectivity index (χ2n) is 6.12. The molecule has 0 spiro atoms. The smallest absolute Gasteiger partial charge is 0.0598 e. The zero-order valence-corrected chi connectivity index (χ0v) is 11.1. The second-order valence-corrected chi connectivity index (χ2v) is 6.12. The van der Waals surface area contributed by atoms with Gasteiger partial charge in [-0.1, -0.05) is 5.92 Å². The molecule has 0 saturated carbocycles. The number of nitrogens with zero attached hydrogens (tertiary/aromatic N) is 2. The van der Waals surface area contributed by atoms with Gasteiger partial charge in [0.15, 0.2) is 0 Å². The summed E-state index contributed by atoms with van der Waals surface area (Å²) in [5.41, 5.74) is -0.398. The van der Waals surface area contributed by atoms with E-state index in [0.717, 1.165) is 12.8 Å². The van der Waals surface area contributed by atoms with Crippen LogP contribution in [0.25, 0.3) is 0 Å². The third kappa shape index (κ3) is 2.57. The maximum Gasteiger partial charge on any atom is 0.0598 e. The van der Waals surface area contributed by atoms with Crippen LogP contribution in [-0.2, 0) is 0 Å². The van der Waals surface area contributed by atoms with Gasteiger partial charge in [-0.15, -0.1) is 6.42 Å². The van der Waals surface area contributed by atoms with Gasteiger partial charge in [-0.2, -0.15) is 5.06 Å². The number of terminal acetylenes is 1. The van der Waals surface area contributed by atoms with Crippen LogP contribution >= 0.6 is 0 Å². The van der Waals surface area contributed by atoms with Crippen LogP contribution in [0.5, 0.6) is 0 Å². The lowest BCUT2D eigenvalue weighted by atomic mass is 9.78. The highest BCUT2D eigenvalue weighted by atomic mass is 16.5. The molecule has 1 N–H and O–H groups in total. The minimum atomic E-state index is -0.199. The maximum atomic E-state index is 10.2. The fourth-order valence-corrected chi connectivity index (χ4v) is 2.80. The maximum absolute atomic E-state index is 10.2. The average Bonchev–Trinajstić information content (AvgIpc) is 2.13. The molecule has 0 amide bonds. The molecule has 0 radical (unpaired) electrons. The van der Waals surface area contributed by atoms with E-state index in [1.165, 1.54) is 5.06 Å². The van der Waals surface area contributed by atoms with Crippen LogP contribution in [0.2, 0.25) is 0 Å². The molecule has 0 aromatic heterocycles. The highest BCUT2D eigenvalue weighted by Gasteiger charge is 2.45. The molecule has 1 saturated heterocycles. The topological polar surface area (TPSA) is 26.7 Å². The monoisotopic (exact) mass is 224 g/mol. The highest BCUT2D eigenvalue weighted by Crippen LogP contribution is 2.38. The van der Waals surface area contributed by atoms with Gasteiger partial charge in [-0.3, -0.25) is 4.90 Å². The van der Waals surface area contributed by atoms with Crippen molar-refractivity contribution in [1.82, 2.24) is 9.96 Å². The number of piperidine rings is 1. The first-order valence-corrected chi connectivity index (χ1v) is 5.83. The molecule has 0 aromatic carbocycles. The molecule has 1 rings (SSSR count). The van der Waals surface area contributed by atoms with Crippen LogP contribution in [0, 0.1) is 12.3 Å².